The molecule has 3 nitrogen and oxygen atoms in total. The standard InChI is InChI=1S/C12H10F4N2O/c1-7-3-9(19-18-5-8(2)17-6-18)4-10(11(7)13)12(14,15)16/h3-6H,1-2H3. The van der Waals surface area contributed by atoms with Gasteiger partial charge in [0.2, 0.25) is 0 Å². The summed E-state index contributed by atoms with van der Waals surface area (Å²) in [6.07, 6.45) is -1.97. The van der Waals surface area contributed by atoms with Gasteiger partial charge in [0.1, 0.15) is 12.1 Å². The van der Waals surface area contributed by atoms with Crippen molar-refractivity contribution >= 4 is 0 Å². The first-order valence-corrected chi connectivity index (χ1v) is 5.33. The van der Waals surface area contributed by atoms with Gasteiger partial charge in [0, 0.05) is 0 Å². The van der Waals surface area contributed by atoms with Gasteiger partial charge in [-0.3, -0.25) is 0 Å². The molecule has 0 atom stereocenters. The van der Waals surface area contributed by atoms with Crippen molar-refractivity contribution in [1.29, 1.82) is 0 Å². The summed E-state index contributed by atoms with van der Waals surface area (Å²) in [5.74, 6) is -1.40. The maximum Gasteiger partial charge on any atom is 0.419 e. The molecule has 0 saturated heterocycles. The lowest BCUT2D eigenvalue weighted by molar-refractivity contribution is -0.140. The van der Waals surface area contributed by atoms with E-state index in [9.17, 15) is 17.6 Å². The van der Waals surface area contributed by atoms with Crippen molar-refractivity contribution in [1.82, 2.24) is 9.71 Å². The molecule has 1 heterocycles. The van der Waals surface area contributed by atoms with E-state index in [1.807, 2.05) is 0 Å². The average Bonchev–Trinajstić information content (AvgIpc) is 2.67. The Morgan fingerprint density at radius 2 is 1.89 bits per heavy atom. The number of nitrogens with zero attached hydrogens (tertiary/aromatic N) is 2. The van der Waals surface area contributed by atoms with Gasteiger partial charge in [-0.25, -0.2) is 9.37 Å². The zero-order valence-corrected chi connectivity index (χ0v) is 10.1. The second-order valence-electron chi connectivity index (χ2n) is 4.07. The van der Waals surface area contributed by atoms with Crippen molar-refractivity contribution in [2.45, 2.75) is 20.0 Å². The lowest BCUT2D eigenvalue weighted by Gasteiger charge is -2.12. The van der Waals surface area contributed by atoms with Crippen LogP contribution in [0.2, 0.25) is 0 Å². The molecule has 1 aromatic heterocycles. The fourth-order valence-electron chi connectivity index (χ4n) is 1.57. The normalized spacial score (nSPS) is 11.7. The Hall–Kier alpha value is -2.05. The molecule has 2 aromatic rings. The molecule has 0 N–H and O–H groups in total. The third-order valence-corrected chi connectivity index (χ3v) is 2.43. The molecule has 0 bridgehead atoms. The Kier molecular flexibility index (Phi) is 3.21. The summed E-state index contributed by atoms with van der Waals surface area (Å²) in [6.45, 7) is 2.95. The summed E-state index contributed by atoms with van der Waals surface area (Å²) in [7, 11) is 0. The van der Waals surface area contributed by atoms with E-state index in [1.54, 1.807) is 6.92 Å². The molecule has 0 radical (unpaired) electrons. The van der Waals surface area contributed by atoms with Crippen LogP contribution in [-0.2, 0) is 6.18 Å². The van der Waals surface area contributed by atoms with Gasteiger partial charge in [-0.05, 0) is 31.5 Å². The molecule has 1 aromatic carbocycles. The first kappa shape index (κ1) is 13.4. The predicted octanol–water partition coefficient (Wildman–Crippen LogP) is 3.50. The maximum absolute atomic E-state index is 13.4. The molecule has 0 aliphatic carbocycles. The Morgan fingerprint density at radius 3 is 2.42 bits per heavy atom. The monoisotopic (exact) mass is 274 g/mol. The third-order valence-electron chi connectivity index (χ3n) is 2.43. The van der Waals surface area contributed by atoms with Crippen LogP contribution in [0.1, 0.15) is 16.8 Å². The van der Waals surface area contributed by atoms with Gasteiger partial charge < -0.3 is 4.84 Å². The fourth-order valence-corrected chi connectivity index (χ4v) is 1.57. The van der Waals surface area contributed by atoms with Crippen LogP contribution in [0.15, 0.2) is 24.7 Å². The minimum absolute atomic E-state index is 0.108. The van der Waals surface area contributed by atoms with Crippen molar-refractivity contribution in [2.75, 3.05) is 0 Å². The van der Waals surface area contributed by atoms with Crippen molar-refractivity contribution in [2.24, 2.45) is 0 Å². The largest absolute Gasteiger partial charge is 0.419 e. The smallest absolute Gasteiger partial charge is 0.374 e. The van der Waals surface area contributed by atoms with Crippen LogP contribution in [0.5, 0.6) is 5.75 Å². The zero-order valence-electron chi connectivity index (χ0n) is 10.1. The van der Waals surface area contributed by atoms with Gasteiger partial charge in [-0.15, -0.1) is 0 Å². The quantitative estimate of drug-likeness (QED) is 0.784. The molecule has 0 unspecified atom stereocenters. The average molecular weight is 274 g/mol. The van der Waals surface area contributed by atoms with Crippen LogP contribution in [0, 0.1) is 19.7 Å². The van der Waals surface area contributed by atoms with E-state index in [0.717, 1.165) is 4.73 Å². The first-order chi connectivity index (χ1) is 8.77. The van der Waals surface area contributed by atoms with Gasteiger partial charge in [-0.2, -0.15) is 17.9 Å². The molecule has 0 saturated carbocycles. The van der Waals surface area contributed by atoms with E-state index in [1.165, 1.54) is 25.5 Å². The van der Waals surface area contributed by atoms with E-state index in [0.29, 0.717) is 11.8 Å². The Morgan fingerprint density at radius 1 is 1.21 bits per heavy atom. The topological polar surface area (TPSA) is 27.1 Å². The number of hydrogen-bond acceptors (Lipinski definition) is 2. The molecule has 19 heavy (non-hydrogen) atoms. The first-order valence-electron chi connectivity index (χ1n) is 5.33. The number of aromatic nitrogens is 2. The number of benzene rings is 1. The highest BCUT2D eigenvalue weighted by atomic mass is 19.4. The van der Waals surface area contributed by atoms with Crippen molar-refractivity contribution in [3.05, 3.63) is 47.3 Å². The maximum atomic E-state index is 13.4. The molecular formula is C12H10F4N2O. The SMILES string of the molecule is Cc1cn(Oc2cc(C)c(F)c(C(F)(F)F)c2)cn1. The molecule has 0 fully saturated rings. The number of rotatable bonds is 2. The summed E-state index contributed by atoms with van der Waals surface area (Å²) in [5, 5.41) is 0. The van der Waals surface area contributed by atoms with Gasteiger partial charge in [-0.1, -0.05) is 0 Å². The molecule has 2 rings (SSSR count). The molecule has 0 aliphatic rings. The highest BCUT2D eigenvalue weighted by molar-refractivity contribution is 5.36. The summed E-state index contributed by atoms with van der Waals surface area (Å²) >= 11 is 0. The van der Waals surface area contributed by atoms with Gasteiger partial charge in [0.05, 0.1) is 17.5 Å². The van der Waals surface area contributed by atoms with Crippen LogP contribution in [0.3, 0.4) is 0 Å². The van der Waals surface area contributed by atoms with Crippen LogP contribution in [0.4, 0.5) is 17.6 Å². The van der Waals surface area contributed by atoms with E-state index < -0.39 is 17.6 Å². The number of aryl methyl sites for hydroxylation is 2. The van der Waals surface area contributed by atoms with E-state index in [-0.39, 0.29) is 11.3 Å². The van der Waals surface area contributed by atoms with Crippen LogP contribution in [-0.4, -0.2) is 9.71 Å². The lowest BCUT2D eigenvalue weighted by atomic mass is 10.1. The Labute approximate surface area is 106 Å². The Balaban J connectivity index is 2.39. The summed E-state index contributed by atoms with van der Waals surface area (Å²) in [5.41, 5.74) is -0.837. The van der Waals surface area contributed by atoms with Crippen molar-refractivity contribution in [3.63, 3.8) is 0 Å². The minimum Gasteiger partial charge on any atom is -0.374 e. The molecule has 0 amide bonds. The van der Waals surface area contributed by atoms with Crippen LogP contribution < -0.4 is 4.84 Å². The van der Waals surface area contributed by atoms with Crippen LogP contribution >= 0.6 is 0 Å². The minimum atomic E-state index is -4.76. The number of imidazole rings is 1. The number of hydrogen-bond donors (Lipinski definition) is 0. The number of halogens is 4. The zero-order chi connectivity index (χ0) is 14.2. The van der Waals surface area contributed by atoms with E-state index >= 15 is 0 Å². The molecule has 102 valence electrons. The van der Waals surface area contributed by atoms with Crippen molar-refractivity contribution < 1.29 is 22.4 Å². The molecule has 0 aliphatic heterocycles. The van der Waals surface area contributed by atoms with Gasteiger partial charge in [0.15, 0.2) is 5.75 Å². The molecule has 7 heteroatoms. The highest BCUT2D eigenvalue weighted by Crippen LogP contribution is 2.35. The molecule has 0 spiro atoms. The second-order valence-corrected chi connectivity index (χ2v) is 4.07. The fraction of sp³-hybridized carbons (Fsp3) is 0.250. The van der Waals surface area contributed by atoms with Crippen molar-refractivity contribution in [3.8, 4) is 5.75 Å². The second kappa shape index (κ2) is 4.56. The number of alkyl halides is 3. The summed E-state index contributed by atoms with van der Waals surface area (Å²) < 4.78 is 52.5. The van der Waals surface area contributed by atoms with Gasteiger partial charge >= 0.3 is 6.18 Å². The van der Waals surface area contributed by atoms with E-state index in [2.05, 4.69) is 4.98 Å². The highest BCUT2D eigenvalue weighted by Gasteiger charge is 2.35. The van der Waals surface area contributed by atoms with E-state index in [4.69, 9.17) is 4.84 Å². The van der Waals surface area contributed by atoms with Gasteiger partial charge in [0.25, 0.3) is 0 Å². The molecular weight excluding hydrogens is 264 g/mol. The summed E-state index contributed by atoms with van der Waals surface area (Å²) in [4.78, 5) is 9.02. The third kappa shape index (κ3) is 2.86. The van der Waals surface area contributed by atoms with Crippen LogP contribution in [0.25, 0.3) is 0 Å². The summed E-state index contributed by atoms with van der Waals surface area (Å²) in [6, 6.07) is 1.82. The Bertz CT molecular complexity index is 604. The lowest BCUT2D eigenvalue weighted by Crippen LogP contribution is -2.11. The predicted molar refractivity (Wildman–Crippen MR) is 59.1 cm³/mol.